The number of thiazole rings is 1. The Morgan fingerprint density at radius 2 is 2.03 bits per heavy atom. The topological polar surface area (TPSA) is 118 Å². The monoisotopic (exact) mass is 442 g/mol. The number of hydrogen-bond acceptors (Lipinski definition) is 7. The number of carbonyl (C=O) groups excluding carboxylic acids is 3. The molecule has 2 N–H and O–H groups in total. The molecule has 0 aromatic carbocycles. The number of amides is 3. The van der Waals surface area contributed by atoms with Gasteiger partial charge in [-0.05, 0) is 37.1 Å². The largest absolute Gasteiger partial charge is 0.459 e. The molecule has 0 saturated carbocycles. The molecule has 1 aliphatic rings. The summed E-state index contributed by atoms with van der Waals surface area (Å²) in [5.41, 5.74) is 0.619. The smallest absolute Gasteiger partial charge is 0.289 e. The molecule has 3 amide bonds. The van der Waals surface area contributed by atoms with Crippen LogP contribution in [0.1, 0.15) is 36.1 Å². The number of furan rings is 2. The standard InChI is InChI=1S/C21H22N4O5S/c1-13(26)22-11-15-4-5-17(30-15)16-12-31-21(23-16)24-19(27)14-6-8-25(9-7-14)20(28)18-3-2-10-29-18/h2-5,10,12,14H,6-9,11H2,1H3,(H,22,26)(H,23,24,27). The van der Waals surface area contributed by atoms with Crippen molar-refractivity contribution in [3.8, 4) is 11.5 Å². The number of nitrogens with one attached hydrogen (secondary N) is 2. The van der Waals surface area contributed by atoms with Crippen molar-refractivity contribution < 1.29 is 23.2 Å². The molecule has 0 radical (unpaired) electrons. The van der Waals surface area contributed by atoms with Crippen LogP contribution in [0.4, 0.5) is 5.13 Å². The normalized spacial score (nSPS) is 14.4. The van der Waals surface area contributed by atoms with Gasteiger partial charge in [-0.25, -0.2) is 4.98 Å². The van der Waals surface area contributed by atoms with Crippen LogP contribution in [0.15, 0.2) is 44.7 Å². The SMILES string of the molecule is CC(=O)NCc1ccc(-c2csc(NC(=O)C3CCN(C(=O)c4ccco4)CC3)n2)o1. The average Bonchev–Trinajstić information content (AvgIpc) is 3.53. The Labute approximate surface area is 182 Å². The molecule has 1 aliphatic heterocycles. The van der Waals surface area contributed by atoms with Gasteiger partial charge >= 0.3 is 0 Å². The van der Waals surface area contributed by atoms with Crippen LogP contribution >= 0.6 is 11.3 Å². The number of rotatable bonds is 6. The van der Waals surface area contributed by atoms with Crippen LogP contribution in [0.25, 0.3) is 11.5 Å². The van der Waals surface area contributed by atoms with Gasteiger partial charge in [-0.3, -0.25) is 14.4 Å². The minimum absolute atomic E-state index is 0.100. The molecule has 1 fully saturated rings. The quantitative estimate of drug-likeness (QED) is 0.606. The molecule has 0 unspecified atom stereocenters. The van der Waals surface area contributed by atoms with Gasteiger partial charge < -0.3 is 24.4 Å². The fourth-order valence-electron chi connectivity index (χ4n) is 3.37. The van der Waals surface area contributed by atoms with E-state index < -0.39 is 0 Å². The van der Waals surface area contributed by atoms with E-state index in [0.29, 0.717) is 60.6 Å². The van der Waals surface area contributed by atoms with Crippen LogP contribution in [0.2, 0.25) is 0 Å². The van der Waals surface area contributed by atoms with Crippen LogP contribution in [0.3, 0.4) is 0 Å². The van der Waals surface area contributed by atoms with E-state index in [0.717, 1.165) is 0 Å². The predicted octanol–water partition coefficient (Wildman–Crippen LogP) is 3.12. The second-order valence-electron chi connectivity index (χ2n) is 7.25. The Morgan fingerprint density at radius 1 is 1.23 bits per heavy atom. The van der Waals surface area contributed by atoms with Crippen molar-refractivity contribution in [3.05, 3.63) is 47.4 Å². The van der Waals surface area contributed by atoms with Crippen molar-refractivity contribution in [1.82, 2.24) is 15.2 Å². The first-order chi connectivity index (χ1) is 15.0. The molecule has 9 nitrogen and oxygen atoms in total. The van der Waals surface area contributed by atoms with E-state index in [9.17, 15) is 14.4 Å². The lowest BCUT2D eigenvalue weighted by Crippen LogP contribution is -2.41. The van der Waals surface area contributed by atoms with Crippen LogP contribution in [-0.4, -0.2) is 40.7 Å². The number of carbonyl (C=O) groups is 3. The Kier molecular flexibility index (Phi) is 6.17. The molecule has 3 aromatic rings. The van der Waals surface area contributed by atoms with Gasteiger partial charge in [0.2, 0.25) is 11.8 Å². The Bertz CT molecular complexity index is 1060. The van der Waals surface area contributed by atoms with E-state index in [4.69, 9.17) is 8.83 Å². The zero-order valence-corrected chi connectivity index (χ0v) is 17.7. The van der Waals surface area contributed by atoms with Gasteiger partial charge in [0.15, 0.2) is 16.7 Å². The van der Waals surface area contributed by atoms with Gasteiger partial charge in [0, 0.05) is 31.3 Å². The van der Waals surface area contributed by atoms with E-state index in [1.807, 2.05) is 0 Å². The summed E-state index contributed by atoms with van der Waals surface area (Å²) in [6.45, 7) is 2.76. The number of nitrogens with zero attached hydrogens (tertiary/aromatic N) is 2. The molecule has 162 valence electrons. The van der Waals surface area contributed by atoms with Crippen LogP contribution in [0.5, 0.6) is 0 Å². The minimum Gasteiger partial charge on any atom is -0.459 e. The second-order valence-corrected chi connectivity index (χ2v) is 8.10. The molecule has 31 heavy (non-hydrogen) atoms. The fraction of sp³-hybridized carbons (Fsp3) is 0.333. The van der Waals surface area contributed by atoms with Gasteiger partial charge in [0.25, 0.3) is 5.91 Å². The Balaban J connectivity index is 1.29. The third-order valence-electron chi connectivity index (χ3n) is 5.04. The summed E-state index contributed by atoms with van der Waals surface area (Å²) in [5.74, 6) is 0.952. The maximum Gasteiger partial charge on any atom is 0.289 e. The molecule has 0 bridgehead atoms. The predicted molar refractivity (Wildman–Crippen MR) is 113 cm³/mol. The lowest BCUT2D eigenvalue weighted by atomic mass is 9.96. The van der Waals surface area contributed by atoms with E-state index in [-0.39, 0.29) is 23.6 Å². The number of hydrogen-bond donors (Lipinski definition) is 2. The van der Waals surface area contributed by atoms with Gasteiger partial charge in [0.05, 0.1) is 12.8 Å². The van der Waals surface area contributed by atoms with E-state index in [1.165, 1.54) is 24.5 Å². The lowest BCUT2D eigenvalue weighted by Gasteiger charge is -2.30. The molecular formula is C21H22N4O5S. The van der Waals surface area contributed by atoms with Crippen molar-refractivity contribution in [2.75, 3.05) is 18.4 Å². The maximum absolute atomic E-state index is 12.6. The summed E-state index contributed by atoms with van der Waals surface area (Å²) in [7, 11) is 0. The third-order valence-corrected chi connectivity index (χ3v) is 5.80. The Morgan fingerprint density at radius 3 is 2.74 bits per heavy atom. The van der Waals surface area contributed by atoms with Gasteiger partial charge in [0.1, 0.15) is 11.5 Å². The number of piperidine rings is 1. The second kappa shape index (κ2) is 9.17. The molecule has 0 spiro atoms. The summed E-state index contributed by atoms with van der Waals surface area (Å²) in [6, 6.07) is 6.88. The summed E-state index contributed by atoms with van der Waals surface area (Å²) in [5, 5.41) is 7.84. The highest BCUT2D eigenvalue weighted by molar-refractivity contribution is 7.14. The minimum atomic E-state index is -0.180. The van der Waals surface area contributed by atoms with Gasteiger partial charge in [-0.1, -0.05) is 0 Å². The highest BCUT2D eigenvalue weighted by Crippen LogP contribution is 2.28. The average molecular weight is 442 g/mol. The van der Waals surface area contributed by atoms with E-state index in [2.05, 4.69) is 15.6 Å². The van der Waals surface area contributed by atoms with Crippen LogP contribution in [-0.2, 0) is 16.1 Å². The summed E-state index contributed by atoms with van der Waals surface area (Å²) >= 11 is 1.32. The molecule has 4 rings (SSSR count). The van der Waals surface area contributed by atoms with Crippen LogP contribution < -0.4 is 10.6 Å². The van der Waals surface area contributed by atoms with Crippen LogP contribution in [0, 0.1) is 5.92 Å². The zero-order chi connectivity index (χ0) is 21.8. The first-order valence-electron chi connectivity index (χ1n) is 9.92. The van der Waals surface area contributed by atoms with Crippen molar-refractivity contribution in [1.29, 1.82) is 0 Å². The lowest BCUT2D eigenvalue weighted by molar-refractivity contribution is -0.121. The first-order valence-corrected chi connectivity index (χ1v) is 10.8. The van der Waals surface area contributed by atoms with Crippen molar-refractivity contribution in [2.24, 2.45) is 5.92 Å². The van der Waals surface area contributed by atoms with Gasteiger partial charge in [-0.15, -0.1) is 11.3 Å². The molecule has 0 atom stereocenters. The maximum atomic E-state index is 12.6. The summed E-state index contributed by atoms with van der Waals surface area (Å²) < 4.78 is 10.9. The highest BCUT2D eigenvalue weighted by atomic mass is 32.1. The number of anilines is 1. The molecule has 4 heterocycles. The molecule has 1 saturated heterocycles. The molecule has 3 aromatic heterocycles. The first kappa shape index (κ1) is 20.9. The third kappa shape index (κ3) is 5.02. The molecule has 0 aliphatic carbocycles. The zero-order valence-electron chi connectivity index (χ0n) is 16.9. The van der Waals surface area contributed by atoms with Crippen molar-refractivity contribution >= 4 is 34.2 Å². The summed E-state index contributed by atoms with van der Waals surface area (Å²) in [6.07, 6.45) is 2.64. The van der Waals surface area contributed by atoms with E-state index in [1.54, 1.807) is 34.5 Å². The van der Waals surface area contributed by atoms with E-state index >= 15 is 0 Å². The number of likely N-dealkylation sites (tertiary alicyclic amines) is 1. The summed E-state index contributed by atoms with van der Waals surface area (Å²) in [4.78, 5) is 42.1. The molecular weight excluding hydrogens is 420 g/mol. The van der Waals surface area contributed by atoms with Gasteiger partial charge in [-0.2, -0.15) is 0 Å². The van der Waals surface area contributed by atoms with Crippen molar-refractivity contribution in [3.63, 3.8) is 0 Å². The molecule has 10 heteroatoms. The van der Waals surface area contributed by atoms with Crippen molar-refractivity contribution in [2.45, 2.75) is 26.3 Å². The Hall–Kier alpha value is -3.40. The fourth-order valence-corrected chi connectivity index (χ4v) is 4.08. The highest BCUT2D eigenvalue weighted by Gasteiger charge is 2.29. The number of aromatic nitrogens is 1.